The highest BCUT2D eigenvalue weighted by Gasteiger charge is 2.48. The second-order valence-electron chi connectivity index (χ2n) is 8.76. The van der Waals surface area contributed by atoms with E-state index in [1.165, 1.54) is 0 Å². The number of carbonyl (C=O) groups excluding carboxylic acids is 1. The van der Waals surface area contributed by atoms with Gasteiger partial charge in [-0.25, -0.2) is 0 Å². The minimum Gasteiger partial charge on any atom is -0.483 e. The van der Waals surface area contributed by atoms with Crippen molar-refractivity contribution in [2.24, 2.45) is 5.92 Å². The summed E-state index contributed by atoms with van der Waals surface area (Å²) in [4.78, 5) is 16.2. The largest absolute Gasteiger partial charge is 0.483 e. The van der Waals surface area contributed by atoms with E-state index in [1.807, 2.05) is 24.3 Å². The van der Waals surface area contributed by atoms with Crippen LogP contribution in [0.4, 0.5) is 0 Å². The standard InChI is InChI=1S/C25H26Cl2N2O2S2/c1-4-8-28-21(32)12-31-24-17(26)9-14(10-18(24)27)15-6-5-7-16-22(15)19-11-20(30)23(13(2)3)29(19)25(16)33/h5-7,9-10,13,15,23H,4,8,11-12H2,1-3H3,(H,28,32). The number of carbonyl (C=O) groups is 1. The van der Waals surface area contributed by atoms with Crippen molar-refractivity contribution >= 4 is 63.4 Å². The van der Waals surface area contributed by atoms with Crippen LogP contribution in [0, 0.1) is 5.92 Å². The quantitative estimate of drug-likeness (QED) is 0.433. The third-order valence-corrected chi connectivity index (χ3v) is 7.34. The van der Waals surface area contributed by atoms with Gasteiger partial charge in [-0.1, -0.05) is 86.6 Å². The Balaban J connectivity index is 1.65. The summed E-state index contributed by atoms with van der Waals surface area (Å²) in [7, 11) is 0. The molecule has 0 aromatic heterocycles. The number of nitrogens with zero attached hydrogens (tertiary/aromatic N) is 1. The molecule has 4 rings (SSSR count). The van der Waals surface area contributed by atoms with Crippen molar-refractivity contribution in [2.45, 2.75) is 45.6 Å². The first-order chi connectivity index (χ1) is 15.7. The molecule has 4 nitrogen and oxygen atoms in total. The highest BCUT2D eigenvalue weighted by atomic mass is 35.5. The van der Waals surface area contributed by atoms with E-state index < -0.39 is 0 Å². The fourth-order valence-electron chi connectivity index (χ4n) is 4.71. The Morgan fingerprint density at radius 1 is 1.30 bits per heavy atom. The molecule has 0 radical (unpaired) electrons. The van der Waals surface area contributed by atoms with Crippen molar-refractivity contribution in [1.82, 2.24) is 10.2 Å². The van der Waals surface area contributed by atoms with Crippen LogP contribution in [-0.2, 0) is 4.79 Å². The first-order valence-corrected chi connectivity index (χ1v) is 12.7. The SMILES string of the molecule is CCCNC(=S)COc1c(Cl)cc(C2C=CC=C3C(=S)N4C(=C32)CC(=O)C4C(C)C)cc1Cl. The fourth-order valence-corrected chi connectivity index (χ4v) is 5.88. The first-order valence-electron chi connectivity index (χ1n) is 11.1. The van der Waals surface area contributed by atoms with Crippen LogP contribution in [0.25, 0.3) is 0 Å². The van der Waals surface area contributed by atoms with Gasteiger partial charge in [0.05, 0.1) is 16.1 Å². The lowest BCUT2D eigenvalue weighted by molar-refractivity contribution is -0.120. The maximum atomic E-state index is 12.8. The smallest absolute Gasteiger partial charge is 0.161 e. The summed E-state index contributed by atoms with van der Waals surface area (Å²) in [5.74, 6) is 0.710. The molecule has 2 unspecified atom stereocenters. The van der Waals surface area contributed by atoms with Crippen molar-refractivity contribution in [3.63, 3.8) is 0 Å². The van der Waals surface area contributed by atoms with E-state index in [9.17, 15) is 4.79 Å². The lowest BCUT2D eigenvalue weighted by Crippen LogP contribution is -2.38. The third kappa shape index (κ3) is 4.51. The number of thiocarbonyl (C=S) groups is 2. The van der Waals surface area contributed by atoms with E-state index in [1.54, 1.807) is 0 Å². The van der Waals surface area contributed by atoms with Crippen LogP contribution >= 0.6 is 47.6 Å². The van der Waals surface area contributed by atoms with Gasteiger partial charge in [0.1, 0.15) is 16.6 Å². The highest BCUT2D eigenvalue weighted by molar-refractivity contribution is 7.80. The average molecular weight is 522 g/mol. The number of nitrogens with one attached hydrogen (secondary N) is 1. The number of halogens is 2. The van der Waals surface area contributed by atoms with Gasteiger partial charge in [0.2, 0.25) is 0 Å². The van der Waals surface area contributed by atoms with Gasteiger partial charge in [0.25, 0.3) is 0 Å². The van der Waals surface area contributed by atoms with Crippen LogP contribution in [0.1, 0.15) is 45.1 Å². The fraction of sp³-hybridized carbons (Fsp3) is 0.400. The van der Waals surface area contributed by atoms with Crippen LogP contribution in [0.2, 0.25) is 10.0 Å². The number of fused-ring (bicyclic) bond motifs is 2. The van der Waals surface area contributed by atoms with Gasteiger partial charge in [0, 0.05) is 30.2 Å². The molecule has 174 valence electrons. The van der Waals surface area contributed by atoms with Gasteiger partial charge in [-0.15, -0.1) is 0 Å². The molecule has 0 saturated carbocycles. The van der Waals surface area contributed by atoms with Gasteiger partial charge < -0.3 is 15.0 Å². The minimum absolute atomic E-state index is 0.0991. The monoisotopic (exact) mass is 520 g/mol. The van der Waals surface area contributed by atoms with Gasteiger partial charge in [-0.3, -0.25) is 4.79 Å². The molecule has 0 bridgehead atoms. The van der Waals surface area contributed by atoms with Gasteiger partial charge in [-0.05, 0) is 35.6 Å². The zero-order chi connectivity index (χ0) is 23.9. The summed E-state index contributed by atoms with van der Waals surface area (Å²) in [5, 5.41) is 3.97. The predicted octanol–water partition coefficient (Wildman–Crippen LogP) is 6.17. The summed E-state index contributed by atoms with van der Waals surface area (Å²) in [6.07, 6.45) is 7.51. The zero-order valence-corrected chi connectivity index (χ0v) is 21.9. The van der Waals surface area contributed by atoms with Crippen LogP contribution in [-0.4, -0.2) is 39.9 Å². The third-order valence-electron chi connectivity index (χ3n) is 6.10. The molecule has 0 amide bonds. The molecule has 3 aliphatic rings. The van der Waals surface area contributed by atoms with E-state index in [0.717, 1.165) is 40.4 Å². The van der Waals surface area contributed by atoms with Crippen molar-refractivity contribution in [2.75, 3.05) is 13.2 Å². The predicted molar refractivity (Wildman–Crippen MR) is 143 cm³/mol. The minimum atomic E-state index is -0.208. The van der Waals surface area contributed by atoms with Crippen molar-refractivity contribution in [3.8, 4) is 5.75 Å². The second-order valence-corrected chi connectivity index (χ2v) is 10.5. The number of rotatable bonds is 7. The Labute approximate surface area is 215 Å². The molecular formula is C25H26Cl2N2O2S2. The molecule has 1 aromatic rings. The molecule has 2 atom stereocenters. The lowest BCUT2D eigenvalue weighted by atomic mass is 9.83. The number of ether oxygens (including phenoxy) is 1. The normalized spacial score (nSPS) is 21.5. The number of ketones is 1. The summed E-state index contributed by atoms with van der Waals surface area (Å²) in [6.45, 7) is 7.20. The lowest BCUT2D eigenvalue weighted by Gasteiger charge is -2.25. The molecule has 1 saturated heterocycles. The Morgan fingerprint density at radius 2 is 2.00 bits per heavy atom. The zero-order valence-electron chi connectivity index (χ0n) is 18.8. The summed E-state index contributed by atoms with van der Waals surface area (Å²) < 4.78 is 5.81. The number of allylic oxidation sites excluding steroid dienone is 4. The van der Waals surface area contributed by atoms with Gasteiger partial charge in [-0.2, -0.15) is 0 Å². The summed E-state index contributed by atoms with van der Waals surface area (Å²) in [5.41, 5.74) is 4.01. The van der Waals surface area contributed by atoms with Crippen molar-refractivity contribution in [3.05, 3.63) is 62.8 Å². The number of Topliss-reactive ketones (excluding diaryl/α,β-unsaturated/α-hetero) is 1. The van der Waals surface area contributed by atoms with E-state index >= 15 is 0 Å². The number of hydrogen-bond acceptors (Lipinski definition) is 4. The van der Waals surface area contributed by atoms with Gasteiger partial charge >= 0.3 is 0 Å². The number of benzene rings is 1. The van der Waals surface area contributed by atoms with E-state index in [-0.39, 0.29) is 30.3 Å². The maximum absolute atomic E-state index is 12.8. The van der Waals surface area contributed by atoms with E-state index in [2.05, 4.69) is 37.1 Å². The summed E-state index contributed by atoms with van der Waals surface area (Å²) >= 11 is 24.3. The van der Waals surface area contributed by atoms with E-state index in [4.69, 9.17) is 52.4 Å². The molecule has 8 heteroatoms. The second kappa shape index (κ2) is 9.87. The van der Waals surface area contributed by atoms with Crippen molar-refractivity contribution in [1.29, 1.82) is 0 Å². The van der Waals surface area contributed by atoms with Gasteiger partial charge in [0.15, 0.2) is 11.5 Å². The van der Waals surface area contributed by atoms with E-state index in [0.29, 0.717) is 27.2 Å². The highest BCUT2D eigenvalue weighted by Crippen LogP contribution is 2.49. The Hall–Kier alpha value is -1.73. The first kappa shape index (κ1) is 24.4. The molecule has 0 spiro atoms. The maximum Gasteiger partial charge on any atom is 0.161 e. The van der Waals surface area contributed by atoms with Crippen molar-refractivity contribution < 1.29 is 9.53 Å². The molecule has 2 heterocycles. The molecular weight excluding hydrogens is 495 g/mol. The molecule has 2 aliphatic heterocycles. The molecule has 1 aliphatic carbocycles. The topological polar surface area (TPSA) is 41.6 Å². The number of hydrogen-bond donors (Lipinski definition) is 1. The molecule has 1 N–H and O–H groups in total. The average Bonchev–Trinajstić information content (AvgIpc) is 3.25. The molecule has 33 heavy (non-hydrogen) atoms. The Morgan fingerprint density at radius 3 is 2.64 bits per heavy atom. The molecule has 1 aromatic carbocycles. The van der Waals surface area contributed by atoms with Crippen LogP contribution in [0.15, 0.2) is 47.2 Å². The molecule has 1 fully saturated rings. The van der Waals surface area contributed by atoms with Crippen LogP contribution in [0.5, 0.6) is 5.75 Å². The van der Waals surface area contributed by atoms with Crippen LogP contribution in [0.3, 0.4) is 0 Å². The van der Waals surface area contributed by atoms with Crippen LogP contribution < -0.4 is 10.1 Å². The Bertz CT molecular complexity index is 1100. The Kier molecular flexibility index (Phi) is 7.29. The summed E-state index contributed by atoms with van der Waals surface area (Å²) in [6, 6.07) is 3.54.